The molecule has 0 radical (unpaired) electrons. The zero-order chi connectivity index (χ0) is 31.3. The van der Waals surface area contributed by atoms with Crippen molar-refractivity contribution in [2.45, 2.75) is 114 Å². The summed E-state index contributed by atoms with van der Waals surface area (Å²) in [6.45, 7) is 15.3. The van der Waals surface area contributed by atoms with E-state index in [0.29, 0.717) is 21.7 Å². The van der Waals surface area contributed by atoms with Crippen LogP contribution in [0.15, 0.2) is 77.3 Å². The molecule has 1 aliphatic heterocycles. The van der Waals surface area contributed by atoms with Gasteiger partial charge in [-0.05, 0) is 122 Å². The Labute approximate surface area is 268 Å². The molecular formula is C36H47B2BrO4. The Bertz CT molecular complexity index is 1370. The molecule has 7 heteroatoms. The molecule has 3 saturated carbocycles. The summed E-state index contributed by atoms with van der Waals surface area (Å²) in [5.41, 5.74) is 6.68. The molecule has 0 bridgehead atoms. The Morgan fingerprint density at radius 1 is 0.558 bits per heavy atom. The van der Waals surface area contributed by atoms with Gasteiger partial charge >= 0.3 is 14.2 Å². The fourth-order valence-corrected chi connectivity index (χ4v) is 5.62. The minimum atomic E-state index is -1.35. The third-order valence-electron chi connectivity index (χ3n) is 10.6. The highest BCUT2D eigenvalue weighted by Gasteiger charge is 2.51. The van der Waals surface area contributed by atoms with E-state index in [0.717, 1.165) is 5.46 Å². The molecule has 3 aromatic carbocycles. The van der Waals surface area contributed by atoms with Crippen LogP contribution in [-0.2, 0) is 25.6 Å². The van der Waals surface area contributed by atoms with Gasteiger partial charge in [-0.2, -0.15) is 0 Å². The highest BCUT2D eigenvalue weighted by Crippen LogP contribution is 2.48. The highest BCUT2D eigenvalue weighted by molar-refractivity contribution is 9.10. The fourth-order valence-electron chi connectivity index (χ4n) is 5.36. The summed E-state index contributed by atoms with van der Waals surface area (Å²) in [7, 11) is -1.59. The van der Waals surface area contributed by atoms with Crippen molar-refractivity contribution >= 4 is 41.1 Å². The zero-order valence-corrected chi connectivity index (χ0v) is 28.5. The van der Waals surface area contributed by atoms with E-state index >= 15 is 0 Å². The van der Waals surface area contributed by atoms with Gasteiger partial charge in [-0.25, -0.2) is 0 Å². The Morgan fingerprint density at radius 2 is 0.884 bits per heavy atom. The molecule has 0 amide bonds. The molecule has 4 fully saturated rings. The average molecular weight is 645 g/mol. The quantitative estimate of drug-likeness (QED) is 0.295. The molecule has 0 aromatic heterocycles. The topological polar surface area (TPSA) is 58.9 Å². The maximum Gasteiger partial charge on any atom is 0.494 e. The van der Waals surface area contributed by atoms with Gasteiger partial charge in [-0.1, -0.05) is 97.4 Å². The summed E-state index contributed by atoms with van der Waals surface area (Å²) in [4.78, 5) is 0. The third kappa shape index (κ3) is 7.50. The molecule has 4 aliphatic rings. The van der Waals surface area contributed by atoms with Crippen LogP contribution < -0.4 is 10.9 Å². The lowest BCUT2D eigenvalue weighted by molar-refractivity contribution is 0.00578. The number of benzene rings is 3. The standard InChI is InChI=1S/C16H23BO2.C10H13BO2.C10H11Br/c1-14(2)15(3,4)19-17(18-14)13-8-6-12(7-9-13)16(5)10-11-16;1-10(6-7-10)8-2-4-9(5-3-8)11(12)13;1-10(6-7-10)8-2-4-9(11)5-3-8/h6-9H,10-11H2,1-5H3;2-5,12-13H,6-7H2,1H3;2-5H,6-7H2,1H3. The van der Waals surface area contributed by atoms with E-state index in [1.165, 1.54) is 59.7 Å². The normalized spacial score (nSPS) is 22.3. The minimum absolute atomic E-state index is 0.244. The molecular weight excluding hydrogens is 598 g/mol. The maximum atomic E-state index is 8.89. The Morgan fingerprint density at radius 3 is 1.21 bits per heavy atom. The second-order valence-corrected chi connectivity index (χ2v) is 15.8. The molecule has 2 N–H and O–H groups in total. The molecule has 7 rings (SSSR count). The van der Waals surface area contributed by atoms with E-state index in [4.69, 9.17) is 19.4 Å². The van der Waals surface area contributed by atoms with E-state index in [9.17, 15) is 0 Å². The molecule has 1 saturated heterocycles. The second-order valence-electron chi connectivity index (χ2n) is 14.9. The van der Waals surface area contributed by atoms with E-state index in [-0.39, 0.29) is 18.3 Å². The van der Waals surface area contributed by atoms with Crippen LogP contribution in [0.3, 0.4) is 0 Å². The molecule has 3 aromatic rings. The maximum absolute atomic E-state index is 8.89. The average Bonchev–Trinajstić information content (AvgIpc) is 3.91. The Balaban J connectivity index is 0.000000134. The van der Waals surface area contributed by atoms with Gasteiger partial charge in [0.15, 0.2) is 0 Å². The lowest BCUT2D eigenvalue weighted by atomic mass is 9.78. The van der Waals surface area contributed by atoms with Gasteiger partial charge in [0.1, 0.15) is 0 Å². The Kier molecular flexibility index (Phi) is 8.92. The van der Waals surface area contributed by atoms with Crippen molar-refractivity contribution in [2.75, 3.05) is 0 Å². The van der Waals surface area contributed by atoms with Crippen LogP contribution >= 0.6 is 15.9 Å². The molecule has 4 nitrogen and oxygen atoms in total. The summed E-state index contributed by atoms with van der Waals surface area (Å²) in [6.07, 6.45) is 7.82. The summed E-state index contributed by atoms with van der Waals surface area (Å²) in [5, 5.41) is 17.8. The predicted molar refractivity (Wildman–Crippen MR) is 182 cm³/mol. The predicted octanol–water partition coefficient (Wildman–Crippen LogP) is 6.96. The largest absolute Gasteiger partial charge is 0.494 e. The van der Waals surface area contributed by atoms with E-state index < -0.39 is 7.12 Å². The van der Waals surface area contributed by atoms with Crippen molar-refractivity contribution in [1.29, 1.82) is 0 Å². The van der Waals surface area contributed by atoms with Gasteiger partial charge in [0.25, 0.3) is 0 Å². The van der Waals surface area contributed by atoms with Crippen LogP contribution in [0.4, 0.5) is 0 Å². The fraction of sp³-hybridized carbons (Fsp3) is 0.500. The smallest absolute Gasteiger partial charge is 0.423 e. The minimum Gasteiger partial charge on any atom is -0.423 e. The lowest BCUT2D eigenvalue weighted by Crippen LogP contribution is -2.41. The van der Waals surface area contributed by atoms with Crippen LogP contribution in [0, 0.1) is 0 Å². The van der Waals surface area contributed by atoms with Gasteiger partial charge in [0, 0.05) is 4.47 Å². The van der Waals surface area contributed by atoms with Crippen LogP contribution in [0.5, 0.6) is 0 Å². The molecule has 0 spiro atoms. The van der Waals surface area contributed by atoms with Crippen LogP contribution in [-0.4, -0.2) is 35.5 Å². The first-order chi connectivity index (χ1) is 20.1. The van der Waals surface area contributed by atoms with Crippen molar-refractivity contribution in [3.8, 4) is 0 Å². The van der Waals surface area contributed by atoms with E-state index in [1.807, 2.05) is 12.1 Å². The first kappa shape index (κ1) is 32.5. The lowest BCUT2D eigenvalue weighted by Gasteiger charge is -2.32. The molecule has 0 unspecified atom stereocenters. The van der Waals surface area contributed by atoms with Crippen molar-refractivity contribution in [2.24, 2.45) is 0 Å². The number of hydrogen-bond donors (Lipinski definition) is 2. The van der Waals surface area contributed by atoms with Crippen LogP contribution in [0.25, 0.3) is 0 Å². The summed E-state index contributed by atoms with van der Waals surface area (Å²) in [5.74, 6) is 0. The van der Waals surface area contributed by atoms with Gasteiger partial charge in [-0.3, -0.25) is 0 Å². The highest BCUT2D eigenvalue weighted by atomic mass is 79.9. The van der Waals surface area contributed by atoms with Crippen LogP contribution in [0.1, 0.15) is 104 Å². The summed E-state index contributed by atoms with van der Waals surface area (Å²) < 4.78 is 13.3. The molecule has 3 aliphatic carbocycles. The number of hydrogen-bond acceptors (Lipinski definition) is 4. The summed E-state index contributed by atoms with van der Waals surface area (Å²) >= 11 is 3.43. The number of rotatable bonds is 5. The summed E-state index contributed by atoms with van der Waals surface area (Å²) in [6, 6.07) is 25.0. The van der Waals surface area contributed by atoms with Crippen molar-refractivity contribution in [3.63, 3.8) is 0 Å². The first-order valence-corrected chi connectivity index (χ1v) is 16.5. The van der Waals surface area contributed by atoms with Gasteiger partial charge in [-0.15, -0.1) is 0 Å². The number of halogens is 1. The van der Waals surface area contributed by atoms with Crippen molar-refractivity contribution in [3.05, 3.63) is 94.0 Å². The SMILES string of the molecule is CC1(c2ccc(B(O)O)cc2)CC1.CC1(c2ccc(B3OC(C)(C)C(C)(C)O3)cc2)CC1.CC1(c2ccc(Br)cc2)CC1. The van der Waals surface area contributed by atoms with Gasteiger partial charge in [0.2, 0.25) is 0 Å². The zero-order valence-electron chi connectivity index (χ0n) is 26.9. The molecule has 1 heterocycles. The molecule has 43 heavy (non-hydrogen) atoms. The Hall–Kier alpha value is -1.89. The van der Waals surface area contributed by atoms with Crippen molar-refractivity contribution in [1.82, 2.24) is 0 Å². The van der Waals surface area contributed by atoms with Crippen LogP contribution in [0.2, 0.25) is 0 Å². The molecule has 0 atom stereocenters. The first-order valence-electron chi connectivity index (χ1n) is 15.7. The molecule has 228 valence electrons. The second kappa shape index (κ2) is 11.8. The third-order valence-corrected chi connectivity index (χ3v) is 11.1. The van der Waals surface area contributed by atoms with Gasteiger partial charge in [0.05, 0.1) is 11.2 Å². The van der Waals surface area contributed by atoms with E-state index in [1.54, 1.807) is 12.1 Å². The van der Waals surface area contributed by atoms with E-state index in [2.05, 4.69) is 113 Å². The van der Waals surface area contributed by atoms with Gasteiger partial charge < -0.3 is 19.4 Å². The monoisotopic (exact) mass is 644 g/mol. The van der Waals surface area contributed by atoms with Crippen molar-refractivity contribution < 1.29 is 19.4 Å².